The first-order valence-electron chi connectivity index (χ1n) is 9.04. The molecule has 2 aromatic carbocycles. The molecule has 150 valence electrons. The zero-order chi connectivity index (χ0) is 20.4. The number of fused-ring (bicyclic) bond motifs is 1. The van der Waals surface area contributed by atoms with Crippen molar-refractivity contribution in [2.75, 3.05) is 18.2 Å². The van der Waals surface area contributed by atoms with Crippen LogP contribution in [0.2, 0.25) is 0 Å². The van der Waals surface area contributed by atoms with Gasteiger partial charge in [-0.15, -0.1) is 11.8 Å². The molecule has 2 heterocycles. The summed E-state index contributed by atoms with van der Waals surface area (Å²) >= 11 is 1.52. The number of halogens is 1. The summed E-state index contributed by atoms with van der Waals surface area (Å²) in [5.74, 6) is 1.72. The Hall–Kier alpha value is -3.00. The van der Waals surface area contributed by atoms with Gasteiger partial charge in [0.2, 0.25) is 5.91 Å². The van der Waals surface area contributed by atoms with Crippen LogP contribution in [0, 0.1) is 5.82 Å². The molecule has 8 heteroatoms. The van der Waals surface area contributed by atoms with E-state index in [4.69, 9.17) is 9.47 Å². The van der Waals surface area contributed by atoms with Gasteiger partial charge in [-0.3, -0.25) is 9.48 Å². The summed E-state index contributed by atoms with van der Waals surface area (Å²) in [5.41, 5.74) is 2.34. The number of carbonyl (C=O) groups excluding carboxylic acids is 1. The van der Waals surface area contributed by atoms with E-state index < -0.39 is 0 Å². The Morgan fingerprint density at radius 3 is 2.90 bits per heavy atom. The number of aryl methyl sites for hydroxylation is 1. The van der Waals surface area contributed by atoms with Crippen LogP contribution in [0.4, 0.5) is 10.2 Å². The van der Waals surface area contributed by atoms with Gasteiger partial charge in [0.05, 0.1) is 24.3 Å². The first-order chi connectivity index (χ1) is 14.1. The predicted molar refractivity (Wildman–Crippen MR) is 110 cm³/mol. The number of methoxy groups -OCH3 is 1. The Balaban J connectivity index is 1.66. The van der Waals surface area contributed by atoms with Crippen LogP contribution in [-0.4, -0.2) is 28.6 Å². The zero-order valence-corrected chi connectivity index (χ0v) is 16.8. The van der Waals surface area contributed by atoms with Crippen molar-refractivity contribution in [3.8, 4) is 11.5 Å². The predicted octanol–water partition coefficient (Wildman–Crippen LogP) is 3.92. The number of amides is 1. The van der Waals surface area contributed by atoms with E-state index in [0.29, 0.717) is 28.6 Å². The normalized spacial score (nSPS) is 16.0. The summed E-state index contributed by atoms with van der Waals surface area (Å²) in [6.45, 7) is 0.0858. The number of carbonyl (C=O) groups is 1. The van der Waals surface area contributed by atoms with E-state index in [1.165, 1.54) is 17.8 Å². The lowest BCUT2D eigenvalue weighted by molar-refractivity contribution is -0.113. The molecule has 1 N–H and O–H groups in total. The van der Waals surface area contributed by atoms with E-state index in [2.05, 4.69) is 10.4 Å². The van der Waals surface area contributed by atoms with Gasteiger partial charge in [0.15, 0.2) is 11.5 Å². The van der Waals surface area contributed by atoms with Crippen molar-refractivity contribution < 1.29 is 18.7 Å². The van der Waals surface area contributed by atoms with Crippen LogP contribution >= 0.6 is 11.8 Å². The highest BCUT2D eigenvalue weighted by molar-refractivity contribution is 8.00. The second kappa shape index (κ2) is 8.16. The third-order valence-corrected chi connectivity index (χ3v) is 6.01. The van der Waals surface area contributed by atoms with Crippen LogP contribution in [-0.2, 0) is 18.4 Å². The first kappa shape index (κ1) is 19.3. The van der Waals surface area contributed by atoms with E-state index in [9.17, 15) is 9.18 Å². The standard InChI is InChI=1S/C21H20FN3O3S/c1-25-21-15(10-23-25)20(29-12-19(26)24-21)13-7-8-17(27-2)18(9-13)28-11-14-5-3-4-6-16(14)22/h3-10,20H,11-12H2,1-2H3,(H,24,26). The largest absolute Gasteiger partial charge is 0.493 e. The third-order valence-electron chi connectivity index (χ3n) is 4.72. The number of aromatic nitrogens is 2. The number of ether oxygens (including phenoxy) is 2. The highest BCUT2D eigenvalue weighted by Crippen LogP contribution is 2.43. The van der Waals surface area contributed by atoms with Crippen molar-refractivity contribution >= 4 is 23.5 Å². The third kappa shape index (κ3) is 3.93. The molecule has 1 aliphatic heterocycles. The average Bonchev–Trinajstić information content (AvgIpc) is 2.98. The molecule has 0 aliphatic carbocycles. The quantitative estimate of drug-likeness (QED) is 0.687. The van der Waals surface area contributed by atoms with E-state index in [1.54, 1.807) is 43.2 Å². The smallest absolute Gasteiger partial charge is 0.235 e. The average molecular weight is 413 g/mol. The van der Waals surface area contributed by atoms with Gasteiger partial charge in [0, 0.05) is 18.2 Å². The van der Waals surface area contributed by atoms with Crippen LogP contribution in [0.15, 0.2) is 48.7 Å². The first-order valence-corrected chi connectivity index (χ1v) is 10.1. The Kier molecular flexibility index (Phi) is 5.44. The van der Waals surface area contributed by atoms with Crippen LogP contribution in [0.5, 0.6) is 11.5 Å². The van der Waals surface area contributed by atoms with E-state index in [0.717, 1.165) is 11.1 Å². The lowest BCUT2D eigenvalue weighted by Gasteiger charge is -2.17. The number of anilines is 1. The minimum absolute atomic E-state index is 0.0631. The fourth-order valence-electron chi connectivity index (χ4n) is 3.23. The second-order valence-electron chi connectivity index (χ2n) is 6.60. The fraction of sp³-hybridized carbons (Fsp3) is 0.238. The number of nitrogens with zero attached hydrogens (tertiary/aromatic N) is 2. The molecule has 0 spiro atoms. The number of hydrogen-bond donors (Lipinski definition) is 1. The van der Waals surface area contributed by atoms with Crippen LogP contribution < -0.4 is 14.8 Å². The van der Waals surface area contributed by atoms with Crippen LogP contribution in [0.3, 0.4) is 0 Å². The number of hydrogen-bond acceptors (Lipinski definition) is 5. The topological polar surface area (TPSA) is 65.4 Å². The molecule has 0 saturated heterocycles. The maximum absolute atomic E-state index is 13.9. The van der Waals surface area contributed by atoms with Crippen LogP contribution in [0.25, 0.3) is 0 Å². The Morgan fingerprint density at radius 1 is 1.28 bits per heavy atom. The molecule has 0 fully saturated rings. The summed E-state index contributed by atoms with van der Waals surface area (Å²) in [4.78, 5) is 12.1. The maximum Gasteiger partial charge on any atom is 0.235 e. The number of rotatable bonds is 5. The summed E-state index contributed by atoms with van der Waals surface area (Å²) in [7, 11) is 3.36. The molecule has 0 bridgehead atoms. The van der Waals surface area contributed by atoms with Gasteiger partial charge in [0.25, 0.3) is 0 Å². The number of nitrogens with one attached hydrogen (secondary N) is 1. The number of thioether (sulfide) groups is 1. The molecular weight excluding hydrogens is 393 g/mol. The van der Waals surface area contributed by atoms with E-state index in [-0.39, 0.29) is 23.6 Å². The zero-order valence-electron chi connectivity index (χ0n) is 16.0. The van der Waals surface area contributed by atoms with Crippen LogP contribution in [0.1, 0.15) is 21.9 Å². The van der Waals surface area contributed by atoms with Crippen molar-refractivity contribution in [2.45, 2.75) is 11.9 Å². The lowest BCUT2D eigenvalue weighted by Crippen LogP contribution is -2.15. The molecule has 4 rings (SSSR count). The molecule has 1 unspecified atom stereocenters. The van der Waals surface area contributed by atoms with Crippen molar-refractivity contribution in [1.82, 2.24) is 9.78 Å². The van der Waals surface area contributed by atoms with Gasteiger partial charge in [-0.1, -0.05) is 24.3 Å². The molecule has 6 nitrogen and oxygen atoms in total. The van der Waals surface area contributed by atoms with Gasteiger partial charge in [-0.25, -0.2) is 4.39 Å². The monoisotopic (exact) mass is 413 g/mol. The van der Waals surface area contributed by atoms with Crippen molar-refractivity contribution in [2.24, 2.45) is 7.05 Å². The Labute approximate surface area is 172 Å². The number of benzene rings is 2. The highest BCUT2D eigenvalue weighted by Gasteiger charge is 2.27. The van der Waals surface area contributed by atoms with Gasteiger partial charge in [0.1, 0.15) is 18.2 Å². The molecule has 1 aromatic heterocycles. The molecule has 29 heavy (non-hydrogen) atoms. The SMILES string of the molecule is COc1ccc(C2SCC(=O)Nc3c2cnn3C)cc1OCc1ccccc1F. The lowest BCUT2D eigenvalue weighted by atomic mass is 10.1. The summed E-state index contributed by atoms with van der Waals surface area (Å²) < 4.78 is 26.9. The maximum atomic E-state index is 13.9. The van der Waals surface area contributed by atoms with E-state index >= 15 is 0 Å². The minimum atomic E-state index is -0.313. The van der Waals surface area contributed by atoms with Crippen molar-refractivity contribution in [3.63, 3.8) is 0 Å². The summed E-state index contributed by atoms with van der Waals surface area (Å²) in [6, 6.07) is 12.1. The summed E-state index contributed by atoms with van der Waals surface area (Å²) in [6.07, 6.45) is 1.77. The highest BCUT2D eigenvalue weighted by atomic mass is 32.2. The molecule has 0 radical (unpaired) electrons. The molecular formula is C21H20FN3O3S. The second-order valence-corrected chi connectivity index (χ2v) is 7.70. The Morgan fingerprint density at radius 2 is 2.10 bits per heavy atom. The summed E-state index contributed by atoms with van der Waals surface area (Å²) in [5, 5.41) is 7.09. The Bertz CT molecular complexity index is 1050. The van der Waals surface area contributed by atoms with E-state index in [1.807, 2.05) is 18.2 Å². The molecule has 1 aliphatic rings. The molecule has 1 atom stereocenters. The van der Waals surface area contributed by atoms with Gasteiger partial charge in [-0.2, -0.15) is 5.10 Å². The fourth-order valence-corrected chi connectivity index (χ4v) is 4.31. The van der Waals surface area contributed by atoms with Crippen molar-refractivity contribution in [1.29, 1.82) is 0 Å². The van der Waals surface area contributed by atoms with Gasteiger partial charge >= 0.3 is 0 Å². The van der Waals surface area contributed by atoms with Gasteiger partial charge in [-0.05, 0) is 23.8 Å². The van der Waals surface area contributed by atoms with Gasteiger partial charge < -0.3 is 14.8 Å². The molecule has 1 amide bonds. The minimum Gasteiger partial charge on any atom is -0.493 e. The van der Waals surface area contributed by atoms with Crippen molar-refractivity contribution in [3.05, 3.63) is 71.2 Å². The molecule has 3 aromatic rings. The molecule has 0 saturated carbocycles.